The Labute approximate surface area is 118 Å². The van der Waals surface area contributed by atoms with E-state index in [0.29, 0.717) is 5.56 Å². The second kappa shape index (κ2) is 7.65. The predicted octanol–water partition coefficient (Wildman–Crippen LogP) is 1.36. The molecule has 0 saturated heterocycles. The molecule has 1 amide bonds. The molecule has 1 aromatic rings. The molecule has 0 aliphatic rings. The first-order chi connectivity index (χ1) is 9.47. The fraction of sp³-hybridized carbons (Fsp3) is 0.467. The van der Waals surface area contributed by atoms with Crippen LogP contribution in [0.5, 0.6) is 0 Å². The first-order valence-electron chi connectivity index (χ1n) is 6.68. The topological polar surface area (TPSA) is 75.6 Å². The summed E-state index contributed by atoms with van der Waals surface area (Å²) in [4.78, 5) is 23.9. The lowest BCUT2D eigenvalue weighted by Crippen LogP contribution is -2.51. The van der Waals surface area contributed by atoms with Crippen molar-refractivity contribution >= 4 is 11.9 Å². The van der Waals surface area contributed by atoms with Crippen molar-refractivity contribution in [3.8, 4) is 0 Å². The Bertz CT molecular complexity index is 444. The SMILES string of the molecule is CCOC(=O)[C@H](NC(=O)c1ccccc1)[C@H](O)C(C)C. The highest BCUT2D eigenvalue weighted by Crippen LogP contribution is 2.09. The van der Waals surface area contributed by atoms with E-state index in [1.54, 1.807) is 51.1 Å². The number of hydrogen-bond acceptors (Lipinski definition) is 4. The molecule has 0 unspecified atom stereocenters. The standard InChI is InChI=1S/C15H21NO4/c1-4-20-15(19)12(13(17)10(2)3)16-14(18)11-8-6-5-7-9-11/h5-10,12-13,17H,4H2,1-3H3,(H,16,18)/t12-,13-/m1/s1. The lowest BCUT2D eigenvalue weighted by atomic mass is 9.99. The smallest absolute Gasteiger partial charge is 0.331 e. The largest absolute Gasteiger partial charge is 0.464 e. The molecule has 0 heterocycles. The van der Waals surface area contributed by atoms with E-state index in [4.69, 9.17) is 4.74 Å². The van der Waals surface area contributed by atoms with Crippen LogP contribution in [-0.4, -0.2) is 35.7 Å². The summed E-state index contributed by atoms with van der Waals surface area (Å²) in [7, 11) is 0. The van der Waals surface area contributed by atoms with Crippen LogP contribution in [0.4, 0.5) is 0 Å². The Kier molecular flexibility index (Phi) is 6.18. The van der Waals surface area contributed by atoms with Gasteiger partial charge in [-0.15, -0.1) is 0 Å². The summed E-state index contributed by atoms with van der Waals surface area (Å²) in [6.45, 7) is 5.41. The molecule has 5 heteroatoms. The Morgan fingerprint density at radius 2 is 1.85 bits per heavy atom. The monoisotopic (exact) mass is 279 g/mol. The minimum Gasteiger partial charge on any atom is -0.464 e. The molecular formula is C15H21NO4. The van der Waals surface area contributed by atoms with Gasteiger partial charge in [-0.2, -0.15) is 0 Å². The van der Waals surface area contributed by atoms with Crippen LogP contribution in [0, 0.1) is 5.92 Å². The molecule has 2 N–H and O–H groups in total. The first kappa shape index (κ1) is 16.2. The normalized spacial score (nSPS) is 13.7. The summed E-state index contributed by atoms with van der Waals surface area (Å²) < 4.78 is 4.90. The number of hydrogen-bond donors (Lipinski definition) is 2. The van der Waals surface area contributed by atoms with Crippen molar-refractivity contribution in [2.75, 3.05) is 6.61 Å². The van der Waals surface area contributed by atoms with Crippen molar-refractivity contribution in [2.24, 2.45) is 5.92 Å². The summed E-state index contributed by atoms with van der Waals surface area (Å²) >= 11 is 0. The van der Waals surface area contributed by atoms with Crippen LogP contribution in [0.15, 0.2) is 30.3 Å². The van der Waals surface area contributed by atoms with E-state index in [1.165, 1.54) is 0 Å². The zero-order chi connectivity index (χ0) is 15.1. The summed E-state index contributed by atoms with van der Waals surface area (Å²) in [5.41, 5.74) is 0.428. The summed E-state index contributed by atoms with van der Waals surface area (Å²) in [6, 6.07) is 7.46. The second-order valence-corrected chi connectivity index (χ2v) is 4.80. The van der Waals surface area contributed by atoms with Crippen LogP contribution >= 0.6 is 0 Å². The molecule has 20 heavy (non-hydrogen) atoms. The Morgan fingerprint density at radius 3 is 2.35 bits per heavy atom. The zero-order valence-electron chi connectivity index (χ0n) is 12.0. The van der Waals surface area contributed by atoms with Gasteiger partial charge in [-0.05, 0) is 25.0 Å². The highest BCUT2D eigenvalue weighted by Gasteiger charge is 2.31. The molecule has 2 atom stereocenters. The number of nitrogens with one attached hydrogen (secondary N) is 1. The van der Waals surface area contributed by atoms with E-state index in [2.05, 4.69) is 5.32 Å². The molecule has 1 aromatic carbocycles. The fourth-order valence-electron chi connectivity index (χ4n) is 1.71. The first-order valence-corrected chi connectivity index (χ1v) is 6.68. The quantitative estimate of drug-likeness (QED) is 0.771. The van der Waals surface area contributed by atoms with Gasteiger partial charge in [-0.1, -0.05) is 32.0 Å². The molecule has 0 saturated carbocycles. The van der Waals surface area contributed by atoms with Gasteiger partial charge in [0.15, 0.2) is 6.04 Å². The molecule has 5 nitrogen and oxygen atoms in total. The van der Waals surface area contributed by atoms with Gasteiger partial charge < -0.3 is 15.2 Å². The zero-order valence-corrected chi connectivity index (χ0v) is 12.0. The van der Waals surface area contributed by atoms with Crippen molar-refractivity contribution in [1.82, 2.24) is 5.32 Å². The number of carbonyl (C=O) groups is 2. The molecule has 0 aliphatic carbocycles. The van der Waals surface area contributed by atoms with E-state index in [0.717, 1.165) is 0 Å². The van der Waals surface area contributed by atoms with E-state index < -0.39 is 24.0 Å². The highest BCUT2D eigenvalue weighted by atomic mass is 16.5. The molecule has 0 aliphatic heterocycles. The van der Waals surface area contributed by atoms with Crippen molar-refractivity contribution in [2.45, 2.75) is 32.9 Å². The van der Waals surface area contributed by atoms with Gasteiger partial charge in [0.2, 0.25) is 0 Å². The van der Waals surface area contributed by atoms with Gasteiger partial charge in [-0.3, -0.25) is 4.79 Å². The van der Waals surface area contributed by atoms with Gasteiger partial charge in [0, 0.05) is 5.56 Å². The van der Waals surface area contributed by atoms with Crippen molar-refractivity contribution < 1.29 is 19.4 Å². The number of rotatable bonds is 6. The number of aliphatic hydroxyl groups is 1. The minimum atomic E-state index is -1.07. The van der Waals surface area contributed by atoms with E-state index in [9.17, 15) is 14.7 Å². The summed E-state index contributed by atoms with van der Waals surface area (Å²) in [5, 5.41) is 12.6. The third-order valence-electron chi connectivity index (χ3n) is 2.89. The number of esters is 1. The van der Waals surface area contributed by atoms with Crippen LogP contribution in [-0.2, 0) is 9.53 Å². The highest BCUT2D eigenvalue weighted by molar-refractivity contribution is 5.96. The third kappa shape index (κ3) is 4.35. The van der Waals surface area contributed by atoms with Gasteiger partial charge in [0.25, 0.3) is 5.91 Å². The van der Waals surface area contributed by atoms with Crippen LogP contribution in [0.1, 0.15) is 31.1 Å². The van der Waals surface area contributed by atoms with Gasteiger partial charge in [0.05, 0.1) is 12.7 Å². The van der Waals surface area contributed by atoms with E-state index in [1.807, 2.05) is 0 Å². The minimum absolute atomic E-state index is 0.180. The fourth-order valence-corrected chi connectivity index (χ4v) is 1.71. The summed E-state index contributed by atoms with van der Waals surface area (Å²) in [6.07, 6.45) is -0.998. The molecule has 110 valence electrons. The Morgan fingerprint density at radius 1 is 1.25 bits per heavy atom. The van der Waals surface area contributed by atoms with Crippen LogP contribution in [0.3, 0.4) is 0 Å². The average molecular weight is 279 g/mol. The molecule has 0 bridgehead atoms. The number of ether oxygens (including phenoxy) is 1. The Hall–Kier alpha value is -1.88. The summed E-state index contributed by atoms with van der Waals surface area (Å²) in [5.74, 6) is -1.22. The molecule has 1 rings (SSSR count). The third-order valence-corrected chi connectivity index (χ3v) is 2.89. The van der Waals surface area contributed by atoms with Gasteiger partial charge >= 0.3 is 5.97 Å². The number of amides is 1. The van der Waals surface area contributed by atoms with E-state index >= 15 is 0 Å². The van der Waals surface area contributed by atoms with Crippen LogP contribution < -0.4 is 5.32 Å². The van der Waals surface area contributed by atoms with Crippen LogP contribution in [0.25, 0.3) is 0 Å². The molecule has 0 fully saturated rings. The van der Waals surface area contributed by atoms with Crippen molar-refractivity contribution in [3.05, 3.63) is 35.9 Å². The lowest BCUT2D eigenvalue weighted by Gasteiger charge is -2.25. The molecular weight excluding hydrogens is 258 g/mol. The maximum atomic E-state index is 12.1. The van der Waals surface area contributed by atoms with Gasteiger partial charge in [-0.25, -0.2) is 4.79 Å². The number of carbonyl (C=O) groups excluding carboxylic acids is 2. The van der Waals surface area contributed by atoms with E-state index in [-0.39, 0.29) is 12.5 Å². The van der Waals surface area contributed by atoms with Crippen molar-refractivity contribution in [1.29, 1.82) is 0 Å². The average Bonchev–Trinajstić information content (AvgIpc) is 2.44. The predicted molar refractivity (Wildman–Crippen MR) is 75.2 cm³/mol. The molecule has 0 aromatic heterocycles. The number of aliphatic hydroxyl groups excluding tert-OH is 1. The van der Waals surface area contributed by atoms with Crippen LogP contribution in [0.2, 0.25) is 0 Å². The Balaban J connectivity index is 2.84. The van der Waals surface area contributed by atoms with Crippen molar-refractivity contribution in [3.63, 3.8) is 0 Å². The maximum Gasteiger partial charge on any atom is 0.331 e. The lowest BCUT2D eigenvalue weighted by molar-refractivity contribution is -0.149. The van der Waals surface area contributed by atoms with Gasteiger partial charge in [0.1, 0.15) is 0 Å². The maximum absolute atomic E-state index is 12.1. The second-order valence-electron chi connectivity index (χ2n) is 4.80. The number of benzene rings is 1. The molecule has 0 radical (unpaired) electrons. The molecule has 0 spiro atoms.